The predicted octanol–water partition coefficient (Wildman–Crippen LogP) is 2.80. The monoisotopic (exact) mass is 297 g/mol. The number of amides is 1. The normalized spacial score (nSPS) is 12.3. The van der Waals surface area contributed by atoms with Crippen LogP contribution in [0.5, 0.6) is 0 Å². The molecule has 5 nitrogen and oxygen atoms in total. The number of carbonyl (C=O) groups excluding carboxylic acids is 1. The van der Waals surface area contributed by atoms with Gasteiger partial charge in [0.1, 0.15) is 0 Å². The number of rotatable bonds is 6. The van der Waals surface area contributed by atoms with Gasteiger partial charge in [-0.2, -0.15) is 0 Å². The van der Waals surface area contributed by atoms with E-state index in [-0.39, 0.29) is 11.2 Å². The summed E-state index contributed by atoms with van der Waals surface area (Å²) in [7, 11) is 0. The topological polar surface area (TPSA) is 68.0 Å². The SMILES string of the molecule is CCCNC(=O)[C@H](C)Sc1nnc(-c2cccs2)o1. The van der Waals surface area contributed by atoms with E-state index in [1.807, 2.05) is 31.4 Å². The molecule has 1 amide bonds. The molecule has 1 atom stereocenters. The number of hydrogen-bond acceptors (Lipinski definition) is 6. The van der Waals surface area contributed by atoms with Crippen LogP contribution in [-0.4, -0.2) is 27.9 Å². The minimum absolute atomic E-state index is 0.0114. The summed E-state index contributed by atoms with van der Waals surface area (Å²) in [6.45, 7) is 4.53. The van der Waals surface area contributed by atoms with Crippen LogP contribution in [0.2, 0.25) is 0 Å². The van der Waals surface area contributed by atoms with Gasteiger partial charge < -0.3 is 9.73 Å². The lowest BCUT2D eigenvalue weighted by Gasteiger charge is -2.08. The first-order valence-electron chi connectivity index (χ1n) is 6.02. The molecule has 19 heavy (non-hydrogen) atoms. The number of thioether (sulfide) groups is 1. The minimum atomic E-state index is -0.247. The molecule has 0 aliphatic rings. The summed E-state index contributed by atoms with van der Waals surface area (Å²) >= 11 is 2.81. The van der Waals surface area contributed by atoms with Crippen molar-refractivity contribution < 1.29 is 9.21 Å². The Balaban J connectivity index is 1.94. The largest absolute Gasteiger partial charge is 0.410 e. The van der Waals surface area contributed by atoms with E-state index in [1.165, 1.54) is 11.8 Å². The van der Waals surface area contributed by atoms with E-state index in [9.17, 15) is 4.79 Å². The van der Waals surface area contributed by atoms with E-state index in [2.05, 4.69) is 15.5 Å². The Kier molecular flexibility index (Phi) is 4.98. The highest BCUT2D eigenvalue weighted by atomic mass is 32.2. The molecule has 7 heteroatoms. The van der Waals surface area contributed by atoms with Gasteiger partial charge in [-0.15, -0.1) is 21.5 Å². The summed E-state index contributed by atoms with van der Waals surface area (Å²) in [4.78, 5) is 12.7. The average molecular weight is 297 g/mol. The van der Waals surface area contributed by atoms with Crippen molar-refractivity contribution in [1.82, 2.24) is 15.5 Å². The molecule has 0 fully saturated rings. The number of nitrogens with zero attached hydrogens (tertiary/aromatic N) is 2. The summed E-state index contributed by atoms with van der Waals surface area (Å²) in [5.74, 6) is 0.487. The highest BCUT2D eigenvalue weighted by Crippen LogP contribution is 2.28. The van der Waals surface area contributed by atoms with Gasteiger partial charge in [-0.3, -0.25) is 4.79 Å². The van der Waals surface area contributed by atoms with Gasteiger partial charge in [-0.25, -0.2) is 0 Å². The highest BCUT2D eigenvalue weighted by Gasteiger charge is 2.18. The third kappa shape index (κ3) is 3.81. The van der Waals surface area contributed by atoms with Gasteiger partial charge in [0.15, 0.2) is 0 Å². The summed E-state index contributed by atoms with van der Waals surface area (Å²) in [5.41, 5.74) is 0. The fraction of sp³-hybridized carbons (Fsp3) is 0.417. The van der Waals surface area contributed by atoms with Crippen LogP contribution in [0.15, 0.2) is 27.2 Å². The van der Waals surface area contributed by atoms with Crippen LogP contribution in [0.4, 0.5) is 0 Å². The molecular formula is C12H15N3O2S2. The molecule has 0 aromatic carbocycles. The lowest BCUT2D eigenvalue weighted by molar-refractivity contribution is -0.120. The molecule has 102 valence electrons. The van der Waals surface area contributed by atoms with Crippen molar-refractivity contribution >= 4 is 29.0 Å². The molecule has 0 spiro atoms. The average Bonchev–Trinajstić information content (AvgIpc) is 3.05. The Hall–Kier alpha value is -1.34. The van der Waals surface area contributed by atoms with E-state index in [0.717, 1.165) is 11.3 Å². The van der Waals surface area contributed by atoms with Crippen LogP contribution in [0, 0.1) is 0 Å². The zero-order valence-corrected chi connectivity index (χ0v) is 12.4. The van der Waals surface area contributed by atoms with Crippen molar-refractivity contribution in [3.63, 3.8) is 0 Å². The second-order valence-electron chi connectivity index (χ2n) is 3.90. The first-order chi connectivity index (χ1) is 9.20. The summed E-state index contributed by atoms with van der Waals surface area (Å²) in [5, 5.41) is 12.9. The van der Waals surface area contributed by atoms with Gasteiger partial charge >= 0.3 is 0 Å². The Labute approximate surface area is 119 Å². The Morgan fingerprint density at radius 3 is 3.11 bits per heavy atom. The smallest absolute Gasteiger partial charge is 0.277 e. The van der Waals surface area contributed by atoms with E-state index < -0.39 is 0 Å². The molecule has 0 aliphatic carbocycles. The number of carbonyl (C=O) groups is 1. The predicted molar refractivity (Wildman–Crippen MR) is 76.2 cm³/mol. The molecule has 2 aromatic rings. The molecule has 0 saturated carbocycles. The van der Waals surface area contributed by atoms with E-state index in [1.54, 1.807) is 11.3 Å². The van der Waals surface area contributed by atoms with Crippen LogP contribution in [-0.2, 0) is 4.79 Å². The maximum atomic E-state index is 11.7. The van der Waals surface area contributed by atoms with Gasteiger partial charge in [0.2, 0.25) is 5.91 Å². The summed E-state index contributed by atoms with van der Waals surface area (Å²) < 4.78 is 5.52. The van der Waals surface area contributed by atoms with Crippen molar-refractivity contribution in [1.29, 1.82) is 0 Å². The molecule has 0 unspecified atom stereocenters. The van der Waals surface area contributed by atoms with Gasteiger partial charge in [0.25, 0.3) is 11.1 Å². The molecule has 2 heterocycles. The van der Waals surface area contributed by atoms with Crippen molar-refractivity contribution in [2.75, 3.05) is 6.54 Å². The zero-order chi connectivity index (χ0) is 13.7. The van der Waals surface area contributed by atoms with Crippen molar-refractivity contribution in [2.24, 2.45) is 0 Å². The third-order valence-electron chi connectivity index (χ3n) is 2.33. The van der Waals surface area contributed by atoms with Gasteiger partial charge in [0.05, 0.1) is 10.1 Å². The quantitative estimate of drug-likeness (QED) is 0.830. The fourth-order valence-corrected chi connectivity index (χ4v) is 2.71. The van der Waals surface area contributed by atoms with Gasteiger partial charge in [0, 0.05) is 6.54 Å². The van der Waals surface area contributed by atoms with E-state index in [4.69, 9.17) is 4.42 Å². The fourth-order valence-electron chi connectivity index (χ4n) is 1.35. The zero-order valence-electron chi connectivity index (χ0n) is 10.8. The van der Waals surface area contributed by atoms with Crippen molar-refractivity contribution in [3.8, 4) is 10.8 Å². The first kappa shape index (κ1) is 14.1. The Morgan fingerprint density at radius 2 is 2.42 bits per heavy atom. The molecule has 2 aromatic heterocycles. The van der Waals surface area contributed by atoms with Crippen LogP contribution < -0.4 is 5.32 Å². The molecule has 0 radical (unpaired) electrons. The van der Waals surface area contributed by atoms with E-state index >= 15 is 0 Å². The lowest BCUT2D eigenvalue weighted by atomic mass is 10.4. The minimum Gasteiger partial charge on any atom is -0.410 e. The number of nitrogens with one attached hydrogen (secondary N) is 1. The Bertz CT molecular complexity index is 525. The van der Waals surface area contributed by atoms with Crippen molar-refractivity contribution in [3.05, 3.63) is 17.5 Å². The summed E-state index contributed by atoms with van der Waals surface area (Å²) in [6.07, 6.45) is 0.923. The molecule has 0 saturated heterocycles. The molecule has 2 rings (SSSR count). The third-order valence-corrected chi connectivity index (χ3v) is 4.13. The molecular weight excluding hydrogens is 282 g/mol. The number of aromatic nitrogens is 2. The lowest BCUT2D eigenvalue weighted by Crippen LogP contribution is -2.31. The molecule has 0 aliphatic heterocycles. The number of thiophene rings is 1. The maximum Gasteiger partial charge on any atom is 0.277 e. The summed E-state index contributed by atoms with van der Waals surface area (Å²) in [6, 6.07) is 3.85. The first-order valence-corrected chi connectivity index (χ1v) is 7.78. The van der Waals surface area contributed by atoms with Crippen LogP contribution in [0.25, 0.3) is 10.8 Å². The van der Waals surface area contributed by atoms with Crippen LogP contribution >= 0.6 is 23.1 Å². The van der Waals surface area contributed by atoms with Crippen LogP contribution in [0.3, 0.4) is 0 Å². The molecule has 1 N–H and O–H groups in total. The number of hydrogen-bond donors (Lipinski definition) is 1. The maximum absolute atomic E-state index is 11.7. The van der Waals surface area contributed by atoms with Crippen LogP contribution in [0.1, 0.15) is 20.3 Å². The molecule has 0 bridgehead atoms. The second-order valence-corrected chi connectivity index (χ2v) is 6.14. The van der Waals surface area contributed by atoms with E-state index in [0.29, 0.717) is 17.7 Å². The second kappa shape index (κ2) is 6.72. The standard InChI is InChI=1S/C12H15N3O2S2/c1-3-6-13-10(16)8(2)19-12-15-14-11(17-12)9-5-4-7-18-9/h4-5,7-8H,3,6H2,1-2H3,(H,13,16)/t8-/m0/s1. The highest BCUT2D eigenvalue weighted by molar-refractivity contribution is 8.00. The Morgan fingerprint density at radius 1 is 1.58 bits per heavy atom. The van der Waals surface area contributed by atoms with Crippen molar-refractivity contribution in [2.45, 2.75) is 30.7 Å². The van der Waals surface area contributed by atoms with Gasteiger partial charge in [-0.05, 0) is 24.8 Å². The van der Waals surface area contributed by atoms with Gasteiger partial charge in [-0.1, -0.05) is 24.8 Å².